The van der Waals surface area contributed by atoms with Gasteiger partial charge in [-0.05, 0) is 49.9 Å². The van der Waals surface area contributed by atoms with E-state index in [9.17, 15) is 24.3 Å². The first-order valence-corrected chi connectivity index (χ1v) is 12.1. The average Bonchev–Trinajstić information content (AvgIpc) is 2.85. The Labute approximate surface area is 212 Å². The first-order valence-electron chi connectivity index (χ1n) is 12.1. The van der Waals surface area contributed by atoms with E-state index < -0.39 is 24.0 Å². The molecule has 0 unspecified atom stereocenters. The summed E-state index contributed by atoms with van der Waals surface area (Å²) in [5.74, 6) is -2.16. The average molecular weight is 497 g/mol. The molecule has 3 atom stereocenters. The molecule has 0 aliphatic rings. The summed E-state index contributed by atoms with van der Waals surface area (Å²) in [6.45, 7) is 8.00. The van der Waals surface area contributed by atoms with E-state index in [0.29, 0.717) is 13.0 Å². The fraction of sp³-hybridized carbons (Fsp3) is 0.407. The minimum Gasteiger partial charge on any atom is -0.478 e. The van der Waals surface area contributed by atoms with Gasteiger partial charge in [-0.1, -0.05) is 50.2 Å². The molecule has 0 aliphatic heterocycles. The Morgan fingerprint density at radius 2 is 1.53 bits per heavy atom. The minimum absolute atomic E-state index is 0.0255. The van der Waals surface area contributed by atoms with Crippen molar-refractivity contribution in [1.29, 1.82) is 0 Å². The quantitative estimate of drug-likeness (QED) is 0.288. The van der Waals surface area contributed by atoms with Crippen molar-refractivity contribution >= 4 is 23.7 Å². The predicted molar refractivity (Wildman–Crippen MR) is 138 cm³/mol. The first-order chi connectivity index (χ1) is 17.1. The number of aromatic carboxylic acids is 1. The Morgan fingerprint density at radius 3 is 2.14 bits per heavy atom. The molecule has 0 bridgehead atoms. The van der Waals surface area contributed by atoms with Crippen molar-refractivity contribution in [2.75, 3.05) is 13.1 Å². The highest BCUT2D eigenvalue weighted by atomic mass is 16.4. The number of carboxylic acids is 1. The molecule has 0 fully saturated rings. The Morgan fingerprint density at radius 1 is 0.861 bits per heavy atom. The Balaban J connectivity index is 2.08. The molecule has 0 saturated heterocycles. The number of carboxylic acid groups (broad SMARTS) is 1. The number of hydrogen-bond donors (Lipinski definition) is 5. The SMILES string of the molecule is CCNC(=O)[C@@H](NC(=O)[C@H](C)NC[C@H](Cc1ccccc1)NC(=O)c1cccc(C(=O)O)c1)C(C)C. The van der Waals surface area contributed by atoms with Gasteiger partial charge in [-0.25, -0.2) is 4.79 Å². The summed E-state index contributed by atoms with van der Waals surface area (Å²) in [6, 6.07) is 13.8. The van der Waals surface area contributed by atoms with Crippen molar-refractivity contribution in [2.45, 2.75) is 52.2 Å². The fourth-order valence-corrected chi connectivity index (χ4v) is 3.64. The van der Waals surface area contributed by atoms with Crippen LogP contribution in [0.25, 0.3) is 0 Å². The third kappa shape index (κ3) is 8.81. The standard InChI is InChI=1S/C27H36N4O5/c1-5-28-26(34)23(17(2)3)31-24(32)18(4)29-16-22(14-19-10-7-6-8-11-19)30-25(33)20-12-9-13-21(15-20)27(35)36/h6-13,15,17-18,22-23,29H,5,14,16H2,1-4H3,(H,28,34)(H,30,33)(H,31,32)(H,35,36)/t18-,22-,23-/m0/s1. The molecule has 9 heteroatoms. The third-order valence-corrected chi connectivity index (χ3v) is 5.69. The number of likely N-dealkylation sites (N-methyl/N-ethyl adjacent to an activating group) is 1. The van der Waals surface area contributed by atoms with E-state index in [1.54, 1.807) is 13.0 Å². The number of hydrogen-bond acceptors (Lipinski definition) is 5. The predicted octanol–water partition coefficient (Wildman–Crippen LogP) is 1.98. The highest BCUT2D eigenvalue weighted by molar-refractivity contribution is 5.97. The molecule has 2 rings (SSSR count). The molecule has 2 aromatic rings. The van der Waals surface area contributed by atoms with Crippen LogP contribution in [0.2, 0.25) is 0 Å². The molecule has 0 radical (unpaired) electrons. The van der Waals surface area contributed by atoms with Crippen molar-refractivity contribution in [3.8, 4) is 0 Å². The lowest BCUT2D eigenvalue weighted by Crippen LogP contribution is -2.55. The number of nitrogens with one attached hydrogen (secondary N) is 4. The lowest BCUT2D eigenvalue weighted by Gasteiger charge is -2.25. The monoisotopic (exact) mass is 496 g/mol. The van der Waals surface area contributed by atoms with E-state index in [1.807, 2.05) is 51.1 Å². The highest BCUT2D eigenvalue weighted by Crippen LogP contribution is 2.08. The minimum atomic E-state index is -1.11. The molecule has 5 N–H and O–H groups in total. The summed E-state index contributed by atoms with van der Waals surface area (Å²) in [5.41, 5.74) is 1.26. The van der Waals surface area contributed by atoms with Crippen LogP contribution in [0.4, 0.5) is 0 Å². The molecule has 0 saturated carbocycles. The van der Waals surface area contributed by atoms with Crippen LogP contribution in [-0.4, -0.2) is 60.0 Å². The van der Waals surface area contributed by atoms with E-state index in [2.05, 4.69) is 21.3 Å². The van der Waals surface area contributed by atoms with E-state index in [-0.39, 0.29) is 41.4 Å². The summed E-state index contributed by atoms with van der Waals surface area (Å²) in [4.78, 5) is 49.3. The van der Waals surface area contributed by atoms with E-state index in [0.717, 1.165) is 5.56 Å². The van der Waals surface area contributed by atoms with Crippen molar-refractivity contribution in [1.82, 2.24) is 21.3 Å². The van der Waals surface area contributed by atoms with Gasteiger partial charge < -0.3 is 26.4 Å². The van der Waals surface area contributed by atoms with Crippen LogP contribution in [0.15, 0.2) is 54.6 Å². The Bertz CT molecular complexity index is 1040. The first kappa shape index (κ1) is 28.5. The van der Waals surface area contributed by atoms with Gasteiger partial charge >= 0.3 is 5.97 Å². The molecular weight excluding hydrogens is 460 g/mol. The fourth-order valence-electron chi connectivity index (χ4n) is 3.64. The summed E-state index contributed by atoms with van der Waals surface area (Å²) in [6.07, 6.45) is 0.500. The van der Waals surface area contributed by atoms with Crippen LogP contribution in [0, 0.1) is 5.92 Å². The van der Waals surface area contributed by atoms with Gasteiger partial charge in [0.25, 0.3) is 5.91 Å². The van der Waals surface area contributed by atoms with Crippen LogP contribution in [0.3, 0.4) is 0 Å². The second kappa shape index (κ2) is 14.0. The summed E-state index contributed by atoms with van der Waals surface area (Å²) < 4.78 is 0. The zero-order valence-corrected chi connectivity index (χ0v) is 21.2. The number of amides is 3. The smallest absolute Gasteiger partial charge is 0.335 e. The van der Waals surface area contributed by atoms with E-state index >= 15 is 0 Å². The lowest BCUT2D eigenvalue weighted by atomic mass is 10.0. The van der Waals surface area contributed by atoms with Gasteiger partial charge in [-0.3, -0.25) is 14.4 Å². The van der Waals surface area contributed by atoms with Gasteiger partial charge in [-0.15, -0.1) is 0 Å². The summed E-state index contributed by atoms with van der Waals surface area (Å²) >= 11 is 0. The molecule has 3 amide bonds. The molecule has 36 heavy (non-hydrogen) atoms. The van der Waals surface area contributed by atoms with Gasteiger partial charge in [-0.2, -0.15) is 0 Å². The zero-order valence-electron chi connectivity index (χ0n) is 21.2. The van der Waals surface area contributed by atoms with Gasteiger partial charge in [0.1, 0.15) is 6.04 Å². The topological polar surface area (TPSA) is 137 Å². The molecule has 194 valence electrons. The van der Waals surface area contributed by atoms with Crippen LogP contribution in [-0.2, 0) is 16.0 Å². The maximum absolute atomic E-state index is 12.9. The maximum atomic E-state index is 12.9. The molecular formula is C27H36N4O5. The lowest BCUT2D eigenvalue weighted by molar-refractivity contribution is -0.130. The van der Waals surface area contributed by atoms with Gasteiger partial charge in [0, 0.05) is 24.7 Å². The van der Waals surface area contributed by atoms with Crippen LogP contribution in [0.1, 0.15) is 54.0 Å². The Hall–Kier alpha value is -3.72. The highest BCUT2D eigenvalue weighted by Gasteiger charge is 2.26. The van der Waals surface area contributed by atoms with Gasteiger partial charge in [0.2, 0.25) is 11.8 Å². The second-order valence-corrected chi connectivity index (χ2v) is 9.00. The molecule has 2 aromatic carbocycles. The second-order valence-electron chi connectivity index (χ2n) is 9.00. The van der Waals surface area contributed by atoms with Crippen LogP contribution in [0.5, 0.6) is 0 Å². The summed E-state index contributed by atoms with van der Waals surface area (Å²) in [7, 11) is 0. The normalized spacial score (nSPS) is 13.4. The molecule has 0 aliphatic carbocycles. The third-order valence-electron chi connectivity index (χ3n) is 5.69. The summed E-state index contributed by atoms with van der Waals surface area (Å²) in [5, 5.41) is 20.9. The molecule has 0 heterocycles. The van der Waals surface area contributed by atoms with Crippen molar-refractivity contribution in [3.05, 3.63) is 71.3 Å². The van der Waals surface area contributed by atoms with Crippen molar-refractivity contribution in [2.24, 2.45) is 5.92 Å². The zero-order chi connectivity index (χ0) is 26.7. The maximum Gasteiger partial charge on any atom is 0.335 e. The van der Waals surface area contributed by atoms with E-state index in [1.165, 1.54) is 18.2 Å². The number of carbonyl (C=O) groups is 4. The Kier molecular flexibility index (Phi) is 11.1. The van der Waals surface area contributed by atoms with Crippen LogP contribution < -0.4 is 21.3 Å². The van der Waals surface area contributed by atoms with Crippen molar-refractivity contribution < 1.29 is 24.3 Å². The van der Waals surface area contributed by atoms with Gasteiger partial charge in [0.15, 0.2) is 0 Å². The number of rotatable bonds is 13. The largest absolute Gasteiger partial charge is 0.478 e. The van der Waals surface area contributed by atoms with Gasteiger partial charge in [0.05, 0.1) is 11.6 Å². The van der Waals surface area contributed by atoms with Crippen LogP contribution >= 0.6 is 0 Å². The molecule has 9 nitrogen and oxygen atoms in total. The molecule has 0 aromatic heterocycles. The molecule has 0 spiro atoms. The number of benzene rings is 2. The number of carbonyl (C=O) groups excluding carboxylic acids is 3. The van der Waals surface area contributed by atoms with Crippen molar-refractivity contribution in [3.63, 3.8) is 0 Å². The van der Waals surface area contributed by atoms with E-state index in [4.69, 9.17) is 0 Å².